The fraction of sp³-hybridized carbons (Fsp3) is 0.182. The standard InChI is InChI=1S/C11H12BrN3O/c12-8-4-2-1-3-7(8)9-6-14-11(15-9)10(16)5-13/h1-4,6,10,16H,5,13H2,(H,14,15). The van der Waals surface area contributed by atoms with Gasteiger partial charge in [0.15, 0.2) is 0 Å². The predicted molar refractivity (Wildman–Crippen MR) is 65.7 cm³/mol. The third-order valence-corrected chi connectivity index (χ3v) is 2.99. The number of aromatic nitrogens is 2. The number of H-pyrrole nitrogens is 1. The van der Waals surface area contributed by atoms with E-state index in [1.165, 1.54) is 0 Å². The van der Waals surface area contributed by atoms with Crippen LogP contribution in [0.4, 0.5) is 0 Å². The summed E-state index contributed by atoms with van der Waals surface area (Å²) in [4.78, 5) is 7.15. The maximum Gasteiger partial charge on any atom is 0.136 e. The predicted octanol–water partition coefficient (Wildman–Crippen LogP) is 1.83. The molecule has 16 heavy (non-hydrogen) atoms. The molecule has 0 bridgehead atoms. The fourth-order valence-corrected chi connectivity index (χ4v) is 1.93. The quantitative estimate of drug-likeness (QED) is 0.804. The second kappa shape index (κ2) is 4.78. The smallest absolute Gasteiger partial charge is 0.136 e. The molecule has 1 aromatic carbocycles. The third-order valence-electron chi connectivity index (χ3n) is 2.30. The van der Waals surface area contributed by atoms with E-state index in [9.17, 15) is 5.11 Å². The van der Waals surface area contributed by atoms with Crippen LogP contribution in [0.1, 0.15) is 11.9 Å². The van der Waals surface area contributed by atoms with Gasteiger partial charge in [-0.2, -0.15) is 0 Å². The van der Waals surface area contributed by atoms with Gasteiger partial charge in [-0.3, -0.25) is 0 Å². The van der Waals surface area contributed by atoms with E-state index in [1.54, 1.807) is 6.20 Å². The lowest BCUT2D eigenvalue weighted by atomic mass is 10.2. The van der Waals surface area contributed by atoms with E-state index in [0.29, 0.717) is 5.82 Å². The van der Waals surface area contributed by atoms with Gasteiger partial charge < -0.3 is 15.8 Å². The van der Waals surface area contributed by atoms with Crippen LogP contribution in [0.15, 0.2) is 34.9 Å². The van der Waals surface area contributed by atoms with Gasteiger partial charge in [0.25, 0.3) is 0 Å². The number of halogens is 1. The van der Waals surface area contributed by atoms with E-state index >= 15 is 0 Å². The molecule has 0 fully saturated rings. The molecular formula is C11H12BrN3O. The van der Waals surface area contributed by atoms with Gasteiger partial charge in [0.2, 0.25) is 0 Å². The molecule has 0 saturated heterocycles. The number of aromatic amines is 1. The summed E-state index contributed by atoms with van der Waals surface area (Å²) in [6.07, 6.45) is 0.949. The number of benzene rings is 1. The highest BCUT2D eigenvalue weighted by Crippen LogP contribution is 2.26. The number of nitrogens with zero attached hydrogens (tertiary/aromatic N) is 1. The average Bonchev–Trinajstić information content (AvgIpc) is 2.78. The first-order valence-electron chi connectivity index (χ1n) is 4.90. The molecule has 0 aliphatic rings. The van der Waals surface area contributed by atoms with Crippen molar-refractivity contribution < 1.29 is 5.11 Å². The molecule has 1 aromatic heterocycles. The highest BCUT2D eigenvalue weighted by Gasteiger charge is 2.11. The van der Waals surface area contributed by atoms with Gasteiger partial charge in [0.05, 0.1) is 11.9 Å². The van der Waals surface area contributed by atoms with Crippen molar-refractivity contribution in [2.24, 2.45) is 5.73 Å². The van der Waals surface area contributed by atoms with Crippen LogP contribution in [0.25, 0.3) is 11.3 Å². The van der Waals surface area contributed by atoms with Crippen LogP contribution in [0, 0.1) is 0 Å². The van der Waals surface area contributed by atoms with Crippen LogP contribution in [0.3, 0.4) is 0 Å². The number of rotatable bonds is 3. The van der Waals surface area contributed by atoms with Gasteiger partial charge >= 0.3 is 0 Å². The minimum Gasteiger partial charge on any atom is -0.384 e. The monoisotopic (exact) mass is 281 g/mol. The molecule has 5 heteroatoms. The van der Waals surface area contributed by atoms with E-state index in [2.05, 4.69) is 25.9 Å². The molecule has 0 aliphatic heterocycles. The number of aliphatic hydroxyl groups is 1. The number of nitrogens with two attached hydrogens (primary N) is 1. The van der Waals surface area contributed by atoms with Gasteiger partial charge in [-0.25, -0.2) is 4.98 Å². The number of aliphatic hydroxyl groups excluding tert-OH is 1. The van der Waals surface area contributed by atoms with Crippen LogP contribution in [-0.2, 0) is 0 Å². The first-order valence-corrected chi connectivity index (χ1v) is 5.69. The van der Waals surface area contributed by atoms with Crippen molar-refractivity contribution in [1.82, 2.24) is 9.97 Å². The van der Waals surface area contributed by atoms with Crippen molar-refractivity contribution in [2.75, 3.05) is 6.54 Å². The van der Waals surface area contributed by atoms with Gasteiger partial charge in [0.1, 0.15) is 11.9 Å². The van der Waals surface area contributed by atoms with E-state index in [1.807, 2.05) is 24.3 Å². The van der Waals surface area contributed by atoms with E-state index in [-0.39, 0.29) is 6.54 Å². The Hall–Kier alpha value is -1.17. The van der Waals surface area contributed by atoms with Crippen LogP contribution in [-0.4, -0.2) is 21.6 Å². The number of nitrogens with one attached hydrogen (secondary N) is 1. The van der Waals surface area contributed by atoms with E-state index in [0.717, 1.165) is 15.7 Å². The maximum absolute atomic E-state index is 9.53. The molecule has 1 atom stereocenters. The SMILES string of the molecule is NCC(O)c1ncc(-c2ccccc2Br)[nH]1. The number of imidazole rings is 1. The van der Waals surface area contributed by atoms with Crippen molar-refractivity contribution in [3.05, 3.63) is 40.8 Å². The molecule has 84 valence electrons. The van der Waals surface area contributed by atoms with Crippen LogP contribution >= 0.6 is 15.9 Å². The summed E-state index contributed by atoms with van der Waals surface area (Å²) in [5.74, 6) is 0.494. The average molecular weight is 282 g/mol. The molecule has 4 N–H and O–H groups in total. The second-order valence-corrected chi connectivity index (χ2v) is 4.27. The minimum absolute atomic E-state index is 0.156. The Morgan fingerprint density at radius 3 is 2.88 bits per heavy atom. The Morgan fingerprint density at radius 2 is 2.19 bits per heavy atom. The summed E-state index contributed by atoms with van der Waals surface area (Å²) >= 11 is 3.46. The summed E-state index contributed by atoms with van der Waals surface area (Å²) in [5, 5.41) is 9.53. The van der Waals surface area contributed by atoms with Crippen LogP contribution in [0.5, 0.6) is 0 Å². The largest absolute Gasteiger partial charge is 0.384 e. The highest BCUT2D eigenvalue weighted by molar-refractivity contribution is 9.10. The zero-order valence-corrected chi connectivity index (χ0v) is 10.1. The van der Waals surface area contributed by atoms with Crippen molar-refractivity contribution in [3.8, 4) is 11.3 Å². The zero-order valence-electron chi connectivity index (χ0n) is 8.52. The molecule has 0 amide bonds. The molecule has 1 heterocycles. The normalized spacial score (nSPS) is 12.7. The Labute approximate surface area is 102 Å². The van der Waals surface area contributed by atoms with Crippen LogP contribution < -0.4 is 5.73 Å². The molecule has 2 rings (SSSR count). The van der Waals surface area contributed by atoms with Crippen molar-refractivity contribution >= 4 is 15.9 Å². The van der Waals surface area contributed by atoms with Gasteiger partial charge in [0, 0.05) is 16.6 Å². The van der Waals surface area contributed by atoms with Crippen molar-refractivity contribution in [3.63, 3.8) is 0 Å². The molecule has 0 spiro atoms. The van der Waals surface area contributed by atoms with Crippen LogP contribution in [0.2, 0.25) is 0 Å². The van der Waals surface area contributed by atoms with Crippen molar-refractivity contribution in [2.45, 2.75) is 6.10 Å². The lowest BCUT2D eigenvalue weighted by Gasteiger charge is -2.03. The number of hydrogen-bond donors (Lipinski definition) is 3. The molecule has 0 radical (unpaired) electrons. The van der Waals surface area contributed by atoms with Gasteiger partial charge in [-0.15, -0.1) is 0 Å². The van der Waals surface area contributed by atoms with E-state index < -0.39 is 6.10 Å². The number of hydrogen-bond acceptors (Lipinski definition) is 3. The Bertz CT molecular complexity index is 484. The maximum atomic E-state index is 9.53. The first-order chi connectivity index (χ1) is 7.72. The highest BCUT2D eigenvalue weighted by atomic mass is 79.9. The lowest BCUT2D eigenvalue weighted by Crippen LogP contribution is -2.12. The van der Waals surface area contributed by atoms with E-state index in [4.69, 9.17) is 5.73 Å². The van der Waals surface area contributed by atoms with Gasteiger partial charge in [-0.05, 0) is 6.07 Å². The molecule has 0 saturated carbocycles. The fourth-order valence-electron chi connectivity index (χ4n) is 1.43. The lowest BCUT2D eigenvalue weighted by molar-refractivity contribution is 0.177. The first kappa shape index (κ1) is 11.3. The Morgan fingerprint density at radius 1 is 1.44 bits per heavy atom. The summed E-state index contributed by atoms with van der Waals surface area (Å²) in [6.45, 7) is 0.156. The van der Waals surface area contributed by atoms with Crippen molar-refractivity contribution in [1.29, 1.82) is 0 Å². The molecule has 1 unspecified atom stereocenters. The Balaban J connectivity index is 2.35. The Kier molecular flexibility index (Phi) is 3.38. The minimum atomic E-state index is -0.740. The zero-order chi connectivity index (χ0) is 11.5. The summed E-state index contributed by atoms with van der Waals surface area (Å²) < 4.78 is 0.979. The summed E-state index contributed by atoms with van der Waals surface area (Å²) in [5.41, 5.74) is 7.22. The second-order valence-electron chi connectivity index (χ2n) is 3.41. The molecular weight excluding hydrogens is 270 g/mol. The molecule has 0 aliphatic carbocycles. The molecule has 4 nitrogen and oxygen atoms in total. The third kappa shape index (κ3) is 2.16. The topological polar surface area (TPSA) is 74.9 Å². The van der Waals surface area contributed by atoms with Gasteiger partial charge in [-0.1, -0.05) is 34.1 Å². The molecule has 2 aromatic rings. The summed E-state index contributed by atoms with van der Waals surface area (Å²) in [7, 11) is 0. The summed E-state index contributed by atoms with van der Waals surface area (Å²) in [6, 6.07) is 7.81.